The molecular weight excluding hydrogens is 509 g/mol. The summed E-state index contributed by atoms with van der Waals surface area (Å²) in [4.78, 5) is 27.2. The number of nitrogens with one attached hydrogen (secondary N) is 1. The Hall–Kier alpha value is -4.08. The van der Waals surface area contributed by atoms with Crippen LogP contribution in [0.15, 0.2) is 72.8 Å². The summed E-state index contributed by atoms with van der Waals surface area (Å²) in [6.07, 6.45) is 1.19. The largest absolute Gasteiger partial charge is 0.497 e. The molecule has 4 aromatic rings. The highest BCUT2D eigenvalue weighted by atomic mass is 19.1. The molecule has 0 radical (unpaired) electrons. The van der Waals surface area contributed by atoms with E-state index in [4.69, 9.17) is 19.4 Å². The first-order valence-electron chi connectivity index (χ1n) is 13.6. The van der Waals surface area contributed by atoms with E-state index in [-0.39, 0.29) is 18.1 Å². The summed E-state index contributed by atoms with van der Waals surface area (Å²) in [7, 11) is 1.61. The molecule has 1 amide bonds. The predicted molar refractivity (Wildman–Crippen MR) is 155 cm³/mol. The first kappa shape index (κ1) is 27.5. The van der Waals surface area contributed by atoms with E-state index in [1.807, 2.05) is 48.5 Å². The van der Waals surface area contributed by atoms with Gasteiger partial charge < -0.3 is 19.7 Å². The number of aromatic nitrogens is 2. The zero-order valence-electron chi connectivity index (χ0n) is 22.7. The number of hydrogen-bond acceptors (Lipinski definition) is 7. The Balaban J connectivity index is 1.38. The van der Waals surface area contributed by atoms with E-state index in [0.29, 0.717) is 12.4 Å². The average Bonchev–Trinajstić information content (AvgIpc) is 2.99. The Bertz CT molecular complexity index is 1410. The standard InChI is InChI=1S/C31H34FN5O3/c1-39-26-13-11-25(12-14-26)33-29(38)15-18-37(17-4-16-36-19-21-40-22-20-36)31-27-5-2-3-6-28(27)34-30(35-31)23-7-9-24(32)10-8-23/h2-3,5-14H,4,15-22H2,1H3,(H,33,38). The lowest BCUT2D eigenvalue weighted by atomic mass is 10.1. The van der Waals surface area contributed by atoms with Gasteiger partial charge in [0.2, 0.25) is 5.91 Å². The minimum absolute atomic E-state index is 0.0829. The highest BCUT2D eigenvalue weighted by molar-refractivity contribution is 5.93. The fourth-order valence-corrected chi connectivity index (χ4v) is 4.80. The monoisotopic (exact) mass is 543 g/mol. The van der Waals surface area contributed by atoms with Crippen molar-refractivity contribution >= 4 is 28.3 Å². The van der Waals surface area contributed by atoms with Gasteiger partial charge in [-0.1, -0.05) is 12.1 Å². The summed E-state index contributed by atoms with van der Waals surface area (Å²) < 4.78 is 24.3. The number of morpholine rings is 1. The van der Waals surface area contributed by atoms with Gasteiger partial charge in [-0.25, -0.2) is 14.4 Å². The summed E-state index contributed by atoms with van der Waals surface area (Å²) in [5, 5.41) is 3.89. The van der Waals surface area contributed by atoms with Crippen LogP contribution < -0.4 is 15.0 Å². The molecule has 8 nitrogen and oxygen atoms in total. The molecule has 0 atom stereocenters. The quantitative estimate of drug-likeness (QED) is 0.285. The third-order valence-corrected chi connectivity index (χ3v) is 6.97. The number of halogens is 1. The van der Waals surface area contributed by atoms with Crippen LogP contribution in [0.2, 0.25) is 0 Å². The third kappa shape index (κ3) is 7.11. The van der Waals surface area contributed by atoms with E-state index in [1.54, 1.807) is 19.2 Å². The van der Waals surface area contributed by atoms with Crippen LogP contribution >= 0.6 is 0 Å². The molecule has 1 aliphatic rings. The molecule has 9 heteroatoms. The molecule has 2 heterocycles. The minimum Gasteiger partial charge on any atom is -0.497 e. The van der Waals surface area contributed by atoms with E-state index in [9.17, 15) is 9.18 Å². The Morgan fingerprint density at radius 1 is 1.00 bits per heavy atom. The summed E-state index contributed by atoms with van der Waals surface area (Å²) in [6, 6.07) is 21.4. The van der Waals surface area contributed by atoms with E-state index in [2.05, 4.69) is 15.1 Å². The molecule has 0 aliphatic carbocycles. The zero-order valence-corrected chi connectivity index (χ0v) is 22.7. The number of benzene rings is 3. The molecule has 40 heavy (non-hydrogen) atoms. The molecule has 1 fully saturated rings. The molecule has 3 aromatic carbocycles. The lowest BCUT2D eigenvalue weighted by molar-refractivity contribution is -0.116. The molecular formula is C31H34FN5O3. The van der Waals surface area contributed by atoms with Crippen LogP contribution in [0.5, 0.6) is 5.75 Å². The van der Waals surface area contributed by atoms with Gasteiger partial charge in [0.15, 0.2) is 5.82 Å². The average molecular weight is 544 g/mol. The third-order valence-electron chi connectivity index (χ3n) is 6.97. The summed E-state index contributed by atoms with van der Waals surface area (Å²) in [5.41, 5.74) is 2.25. The van der Waals surface area contributed by atoms with Crippen LogP contribution in [-0.4, -0.2) is 73.8 Å². The smallest absolute Gasteiger partial charge is 0.226 e. The summed E-state index contributed by atoms with van der Waals surface area (Å²) in [6.45, 7) is 5.50. The number of amides is 1. The van der Waals surface area contributed by atoms with Crippen molar-refractivity contribution in [2.45, 2.75) is 12.8 Å². The second-order valence-corrected chi connectivity index (χ2v) is 9.72. The number of nitrogens with zero attached hydrogens (tertiary/aromatic N) is 4. The lowest BCUT2D eigenvalue weighted by Crippen LogP contribution is -2.38. The highest BCUT2D eigenvalue weighted by Crippen LogP contribution is 2.28. The van der Waals surface area contributed by atoms with Crippen molar-refractivity contribution in [1.29, 1.82) is 0 Å². The number of hydrogen-bond donors (Lipinski definition) is 1. The van der Waals surface area contributed by atoms with Crippen LogP contribution in [0.3, 0.4) is 0 Å². The maximum Gasteiger partial charge on any atom is 0.226 e. The van der Waals surface area contributed by atoms with Crippen LogP contribution in [-0.2, 0) is 9.53 Å². The zero-order chi connectivity index (χ0) is 27.7. The van der Waals surface area contributed by atoms with Crippen LogP contribution in [0.25, 0.3) is 22.3 Å². The molecule has 0 spiro atoms. The van der Waals surface area contributed by atoms with Gasteiger partial charge in [0, 0.05) is 55.8 Å². The van der Waals surface area contributed by atoms with Gasteiger partial charge in [-0.05, 0) is 67.1 Å². The number of carbonyl (C=O) groups excluding carboxylic acids is 1. The van der Waals surface area contributed by atoms with Gasteiger partial charge in [0.25, 0.3) is 0 Å². The minimum atomic E-state index is -0.308. The summed E-state index contributed by atoms with van der Waals surface area (Å²) >= 11 is 0. The fourth-order valence-electron chi connectivity index (χ4n) is 4.80. The normalized spacial score (nSPS) is 13.8. The van der Waals surface area contributed by atoms with Gasteiger partial charge in [0.05, 0.1) is 25.8 Å². The number of methoxy groups -OCH3 is 1. The molecule has 5 rings (SSSR count). The maximum absolute atomic E-state index is 13.6. The van der Waals surface area contributed by atoms with E-state index in [0.717, 1.165) is 79.5 Å². The van der Waals surface area contributed by atoms with E-state index >= 15 is 0 Å². The first-order chi connectivity index (χ1) is 19.6. The van der Waals surface area contributed by atoms with Crippen molar-refractivity contribution in [2.75, 3.05) is 63.3 Å². The molecule has 1 aliphatic heterocycles. The molecule has 1 N–H and O–H groups in total. The Labute approximate surface area is 233 Å². The predicted octanol–water partition coefficient (Wildman–Crippen LogP) is 5.00. The topological polar surface area (TPSA) is 79.8 Å². The van der Waals surface area contributed by atoms with Gasteiger partial charge in [0.1, 0.15) is 17.4 Å². The number of carbonyl (C=O) groups is 1. The van der Waals surface area contributed by atoms with Crippen LogP contribution in [0.1, 0.15) is 12.8 Å². The second-order valence-electron chi connectivity index (χ2n) is 9.72. The van der Waals surface area contributed by atoms with Gasteiger partial charge >= 0.3 is 0 Å². The van der Waals surface area contributed by atoms with E-state index in [1.165, 1.54) is 12.1 Å². The Morgan fingerprint density at radius 3 is 2.50 bits per heavy atom. The molecule has 0 saturated carbocycles. The number of anilines is 2. The van der Waals surface area contributed by atoms with E-state index < -0.39 is 0 Å². The maximum atomic E-state index is 13.6. The molecule has 1 aromatic heterocycles. The first-order valence-corrected chi connectivity index (χ1v) is 13.6. The fraction of sp³-hybridized carbons (Fsp3) is 0.323. The van der Waals surface area contributed by atoms with Crippen LogP contribution in [0.4, 0.5) is 15.9 Å². The van der Waals surface area contributed by atoms with Crippen molar-refractivity contribution < 1.29 is 18.7 Å². The van der Waals surface area contributed by atoms with Gasteiger partial charge in [-0.2, -0.15) is 0 Å². The van der Waals surface area contributed by atoms with Crippen molar-refractivity contribution in [2.24, 2.45) is 0 Å². The number of fused-ring (bicyclic) bond motifs is 1. The number of ether oxygens (including phenoxy) is 2. The molecule has 208 valence electrons. The lowest BCUT2D eigenvalue weighted by Gasteiger charge is -2.29. The van der Waals surface area contributed by atoms with Gasteiger partial charge in [-0.3, -0.25) is 9.69 Å². The molecule has 0 unspecified atom stereocenters. The Kier molecular flexibility index (Phi) is 9.15. The van der Waals surface area contributed by atoms with Crippen molar-refractivity contribution in [3.05, 3.63) is 78.6 Å². The highest BCUT2D eigenvalue weighted by Gasteiger charge is 2.18. The molecule has 1 saturated heterocycles. The van der Waals surface area contributed by atoms with Crippen molar-refractivity contribution in [1.82, 2.24) is 14.9 Å². The van der Waals surface area contributed by atoms with Crippen LogP contribution in [0, 0.1) is 5.82 Å². The van der Waals surface area contributed by atoms with Crippen molar-refractivity contribution in [3.8, 4) is 17.1 Å². The van der Waals surface area contributed by atoms with Gasteiger partial charge in [-0.15, -0.1) is 0 Å². The number of rotatable bonds is 11. The second kappa shape index (κ2) is 13.3. The number of para-hydroxylation sites is 1. The summed E-state index contributed by atoms with van der Waals surface area (Å²) in [5.74, 6) is 1.63. The molecule has 0 bridgehead atoms. The van der Waals surface area contributed by atoms with Crippen molar-refractivity contribution in [3.63, 3.8) is 0 Å². The SMILES string of the molecule is COc1ccc(NC(=O)CCN(CCCN2CCOCC2)c2nc(-c3ccc(F)cc3)nc3ccccc23)cc1. The Morgan fingerprint density at radius 2 is 1.75 bits per heavy atom.